The van der Waals surface area contributed by atoms with Crippen LogP contribution in [0.3, 0.4) is 0 Å². The Kier molecular flexibility index (Phi) is 6.92. The predicted octanol–water partition coefficient (Wildman–Crippen LogP) is 1.88. The van der Waals surface area contributed by atoms with E-state index in [1.165, 1.54) is 13.2 Å². The smallest absolute Gasteiger partial charge is 0.338 e. The van der Waals surface area contributed by atoms with Crippen LogP contribution in [-0.2, 0) is 19.6 Å². The Morgan fingerprint density at radius 3 is 2.52 bits per heavy atom. The monoisotopic (exact) mass is 350 g/mol. The largest absolute Gasteiger partial charge is 0.462 e. The number of hydrogen-bond donors (Lipinski definition) is 1. The molecule has 0 aliphatic carbocycles. The maximum absolute atomic E-state index is 13.8. The van der Waals surface area contributed by atoms with Gasteiger partial charge in [0.2, 0.25) is 6.29 Å². The van der Waals surface area contributed by atoms with E-state index in [9.17, 15) is 17.6 Å². The summed E-state index contributed by atoms with van der Waals surface area (Å²) in [5.74, 6) is -2.50. The third-order valence-electron chi connectivity index (χ3n) is 2.76. The Bertz CT molecular complexity index is 643. The quantitative estimate of drug-likeness (QED) is 0.434. The van der Waals surface area contributed by atoms with Crippen molar-refractivity contribution in [2.45, 2.75) is 20.1 Å². The molecule has 0 amide bonds. The van der Waals surface area contributed by atoms with E-state index in [1.807, 2.05) is 13.8 Å². The van der Waals surface area contributed by atoms with Gasteiger partial charge in [-0.25, -0.2) is 9.18 Å². The molecule has 0 bridgehead atoms. The van der Waals surface area contributed by atoms with Crippen molar-refractivity contribution in [1.29, 1.82) is 0 Å². The summed E-state index contributed by atoms with van der Waals surface area (Å²) in [6.07, 6.45) is -0.699. The van der Waals surface area contributed by atoms with Gasteiger partial charge in [0.25, 0.3) is 10.1 Å². The SMILES string of the molecule is COC(Oc1cc(C(=O)OCCS(=O)(=O)O)ccc1F)C(C)C. The molecule has 9 heteroatoms. The molecule has 1 aromatic rings. The number of esters is 1. The molecule has 0 saturated heterocycles. The van der Waals surface area contributed by atoms with Crippen LogP contribution in [0.25, 0.3) is 0 Å². The number of methoxy groups -OCH3 is 1. The zero-order valence-electron chi connectivity index (χ0n) is 13.0. The zero-order chi connectivity index (χ0) is 17.6. The van der Waals surface area contributed by atoms with Gasteiger partial charge in [0, 0.05) is 13.0 Å². The van der Waals surface area contributed by atoms with E-state index < -0.39 is 40.6 Å². The van der Waals surface area contributed by atoms with Gasteiger partial charge in [0.1, 0.15) is 12.4 Å². The summed E-state index contributed by atoms with van der Waals surface area (Å²) in [7, 11) is -2.81. The van der Waals surface area contributed by atoms with Crippen molar-refractivity contribution in [2.75, 3.05) is 19.5 Å². The maximum Gasteiger partial charge on any atom is 0.338 e. The van der Waals surface area contributed by atoms with Gasteiger partial charge in [0.15, 0.2) is 11.6 Å². The summed E-state index contributed by atoms with van der Waals surface area (Å²) in [5, 5.41) is 0. The number of benzene rings is 1. The molecule has 0 aliphatic rings. The lowest BCUT2D eigenvalue weighted by atomic mass is 10.2. The van der Waals surface area contributed by atoms with Crippen LogP contribution < -0.4 is 4.74 Å². The van der Waals surface area contributed by atoms with E-state index in [-0.39, 0.29) is 17.2 Å². The highest BCUT2D eigenvalue weighted by molar-refractivity contribution is 7.85. The van der Waals surface area contributed by atoms with Gasteiger partial charge in [-0.2, -0.15) is 8.42 Å². The van der Waals surface area contributed by atoms with Crippen LogP contribution in [0, 0.1) is 11.7 Å². The van der Waals surface area contributed by atoms with E-state index >= 15 is 0 Å². The summed E-state index contributed by atoms with van der Waals surface area (Å²) < 4.78 is 58.5. The Morgan fingerprint density at radius 1 is 1.35 bits per heavy atom. The minimum atomic E-state index is -4.22. The van der Waals surface area contributed by atoms with Gasteiger partial charge < -0.3 is 14.2 Å². The van der Waals surface area contributed by atoms with Crippen molar-refractivity contribution in [3.8, 4) is 5.75 Å². The van der Waals surface area contributed by atoms with E-state index in [0.29, 0.717) is 0 Å². The molecular weight excluding hydrogens is 331 g/mol. The summed E-state index contributed by atoms with van der Waals surface area (Å²) >= 11 is 0. The first kappa shape index (κ1) is 19.3. The fourth-order valence-corrected chi connectivity index (χ4v) is 1.92. The zero-order valence-corrected chi connectivity index (χ0v) is 13.8. The van der Waals surface area contributed by atoms with Crippen LogP contribution in [0.1, 0.15) is 24.2 Å². The minimum Gasteiger partial charge on any atom is -0.462 e. The molecule has 0 spiro atoms. The number of ether oxygens (including phenoxy) is 3. The van der Waals surface area contributed by atoms with Gasteiger partial charge >= 0.3 is 5.97 Å². The van der Waals surface area contributed by atoms with Crippen molar-refractivity contribution in [1.82, 2.24) is 0 Å². The van der Waals surface area contributed by atoms with Gasteiger partial charge in [0.05, 0.1) is 5.56 Å². The molecule has 1 N–H and O–H groups in total. The van der Waals surface area contributed by atoms with Crippen molar-refractivity contribution >= 4 is 16.1 Å². The van der Waals surface area contributed by atoms with Crippen molar-refractivity contribution in [3.63, 3.8) is 0 Å². The van der Waals surface area contributed by atoms with E-state index in [0.717, 1.165) is 12.1 Å². The highest BCUT2D eigenvalue weighted by Crippen LogP contribution is 2.22. The summed E-state index contributed by atoms with van der Waals surface area (Å²) in [5.41, 5.74) is -0.0182. The molecule has 1 atom stereocenters. The molecule has 0 aromatic heterocycles. The lowest BCUT2D eigenvalue weighted by molar-refractivity contribution is -0.0851. The molecule has 1 aromatic carbocycles. The number of carbonyl (C=O) groups is 1. The Morgan fingerprint density at radius 2 is 2.00 bits per heavy atom. The standard InChI is InChI=1S/C14H19FO7S/c1-9(2)14(20-3)22-12-8-10(4-5-11(12)15)13(16)21-6-7-23(17,18)19/h4-5,8-9,14H,6-7H2,1-3H3,(H,17,18,19). The molecule has 0 fully saturated rings. The highest BCUT2D eigenvalue weighted by atomic mass is 32.2. The van der Waals surface area contributed by atoms with Crippen molar-refractivity contribution in [2.24, 2.45) is 5.92 Å². The summed E-state index contributed by atoms with van der Waals surface area (Å²) in [6.45, 7) is 3.12. The molecule has 130 valence electrons. The molecule has 0 heterocycles. The topological polar surface area (TPSA) is 99.1 Å². The second kappa shape index (κ2) is 8.23. The lowest BCUT2D eigenvalue weighted by Crippen LogP contribution is -2.25. The van der Waals surface area contributed by atoms with Crippen LogP contribution >= 0.6 is 0 Å². The summed E-state index contributed by atoms with van der Waals surface area (Å²) in [6, 6.07) is 3.34. The molecule has 0 aliphatic heterocycles. The third kappa shape index (κ3) is 6.51. The molecule has 1 rings (SSSR count). The van der Waals surface area contributed by atoms with Crippen LogP contribution in [0.15, 0.2) is 18.2 Å². The summed E-state index contributed by atoms with van der Waals surface area (Å²) in [4.78, 5) is 11.8. The van der Waals surface area contributed by atoms with Gasteiger partial charge in [-0.3, -0.25) is 4.55 Å². The predicted molar refractivity (Wildman–Crippen MR) is 79.4 cm³/mol. The second-order valence-corrected chi connectivity index (χ2v) is 6.61. The van der Waals surface area contributed by atoms with E-state index in [2.05, 4.69) is 0 Å². The average molecular weight is 350 g/mol. The second-order valence-electron chi connectivity index (χ2n) is 5.03. The van der Waals surface area contributed by atoms with Crippen LogP contribution in [0.4, 0.5) is 4.39 Å². The van der Waals surface area contributed by atoms with Crippen LogP contribution in [0.2, 0.25) is 0 Å². The molecule has 23 heavy (non-hydrogen) atoms. The fourth-order valence-electron chi connectivity index (χ4n) is 1.63. The van der Waals surface area contributed by atoms with Crippen molar-refractivity contribution in [3.05, 3.63) is 29.6 Å². The fraction of sp³-hybridized carbons (Fsp3) is 0.500. The molecule has 7 nitrogen and oxygen atoms in total. The molecule has 0 radical (unpaired) electrons. The van der Waals surface area contributed by atoms with Gasteiger partial charge in [-0.15, -0.1) is 0 Å². The number of rotatable bonds is 8. The first-order valence-corrected chi connectivity index (χ1v) is 8.36. The normalized spacial score (nSPS) is 13.0. The van der Waals surface area contributed by atoms with Crippen LogP contribution in [0.5, 0.6) is 5.75 Å². The molecule has 1 unspecified atom stereocenters. The third-order valence-corrected chi connectivity index (χ3v) is 3.44. The Balaban J connectivity index is 2.81. The van der Waals surface area contributed by atoms with Gasteiger partial charge in [-0.05, 0) is 18.2 Å². The first-order chi connectivity index (χ1) is 10.6. The average Bonchev–Trinajstić information content (AvgIpc) is 2.44. The maximum atomic E-state index is 13.8. The lowest BCUT2D eigenvalue weighted by Gasteiger charge is -2.21. The Hall–Kier alpha value is -1.71. The van der Waals surface area contributed by atoms with Gasteiger partial charge in [-0.1, -0.05) is 13.8 Å². The number of hydrogen-bond acceptors (Lipinski definition) is 6. The minimum absolute atomic E-state index is 0.0182. The number of carbonyl (C=O) groups excluding carboxylic acids is 1. The van der Waals surface area contributed by atoms with Crippen molar-refractivity contribution < 1.29 is 36.4 Å². The first-order valence-electron chi connectivity index (χ1n) is 6.75. The van der Waals surface area contributed by atoms with E-state index in [1.54, 1.807) is 0 Å². The van der Waals surface area contributed by atoms with Crippen LogP contribution in [-0.4, -0.2) is 44.7 Å². The Labute approximate surface area is 134 Å². The highest BCUT2D eigenvalue weighted by Gasteiger charge is 2.18. The number of halogens is 1. The molecular formula is C14H19FO7S. The van der Waals surface area contributed by atoms with E-state index in [4.69, 9.17) is 18.8 Å². The molecule has 0 saturated carbocycles.